The molecule has 0 aliphatic heterocycles. The summed E-state index contributed by atoms with van der Waals surface area (Å²) in [6.07, 6.45) is 1.47. The van der Waals surface area contributed by atoms with Gasteiger partial charge in [0.2, 0.25) is 0 Å². The second kappa shape index (κ2) is 5.65. The molecule has 2 nitrogen and oxygen atoms in total. The molecule has 1 rings (SSSR count). The van der Waals surface area contributed by atoms with Gasteiger partial charge in [0.25, 0.3) is 0 Å². The maximum Gasteiger partial charge on any atom is 1.00 e. The third kappa shape index (κ3) is 3.51. The summed E-state index contributed by atoms with van der Waals surface area (Å²) < 4.78 is 33.4. The molecule has 0 aromatic carbocycles. The fourth-order valence-electron chi connectivity index (χ4n) is 1.27. The van der Waals surface area contributed by atoms with Crippen LogP contribution in [0.2, 0.25) is 0 Å². The molecule has 0 amide bonds. The van der Waals surface area contributed by atoms with E-state index in [1.165, 1.54) is 0 Å². The maximum atomic E-state index is 12.7. The Hall–Kier alpha value is 1.04. The molecule has 0 N–H and O–H groups in total. The Morgan fingerprint density at radius 2 is 1.91 bits per heavy atom. The largest absolute Gasteiger partial charge is 1.00 e. The molecular formula is C6H10FNaO2S. The second-order valence-electron chi connectivity index (χ2n) is 2.60. The summed E-state index contributed by atoms with van der Waals surface area (Å²) in [4.78, 5) is 0. The predicted octanol–water partition coefficient (Wildman–Crippen LogP) is -1.85. The zero-order chi connectivity index (χ0) is 7.56. The van der Waals surface area contributed by atoms with E-state index in [1.54, 1.807) is 0 Å². The van der Waals surface area contributed by atoms with E-state index >= 15 is 0 Å². The molecule has 1 aliphatic rings. The van der Waals surface area contributed by atoms with Crippen molar-refractivity contribution in [2.24, 2.45) is 0 Å². The number of hydrogen-bond donors (Lipinski definition) is 0. The summed E-state index contributed by atoms with van der Waals surface area (Å²) in [6, 6.07) is 0. The van der Waals surface area contributed by atoms with Gasteiger partial charge in [-0.25, -0.2) is 4.39 Å². The predicted molar refractivity (Wildman–Crippen MR) is 36.1 cm³/mol. The first-order chi connectivity index (χ1) is 4.72. The van der Waals surface area contributed by atoms with Gasteiger partial charge in [-0.2, -0.15) is 0 Å². The molecule has 60 valence electrons. The van der Waals surface area contributed by atoms with Gasteiger partial charge in [-0.05, 0) is 23.9 Å². The van der Waals surface area contributed by atoms with Gasteiger partial charge in [0.05, 0.1) is 5.25 Å². The van der Waals surface area contributed by atoms with Crippen molar-refractivity contribution in [2.45, 2.75) is 37.1 Å². The summed E-state index contributed by atoms with van der Waals surface area (Å²) in [7, 11) is 0. The first-order valence-corrected chi connectivity index (χ1v) is 4.58. The smallest absolute Gasteiger partial charge is 0.772 e. The van der Waals surface area contributed by atoms with Crippen molar-refractivity contribution in [3.8, 4) is 0 Å². The van der Waals surface area contributed by atoms with E-state index < -0.39 is 22.5 Å². The van der Waals surface area contributed by atoms with Crippen LogP contribution in [-0.4, -0.2) is 20.2 Å². The molecule has 0 aromatic rings. The molecule has 11 heavy (non-hydrogen) atoms. The maximum absolute atomic E-state index is 12.7. The van der Waals surface area contributed by atoms with Gasteiger partial charge in [0, 0.05) is 0 Å². The van der Waals surface area contributed by atoms with E-state index in [0.29, 0.717) is 12.8 Å². The molecule has 1 aliphatic carbocycles. The van der Waals surface area contributed by atoms with E-state index in [2.05, 4.69) is 0 Å². The molecule has 0 heterocycles. The first-order valence-electron chi connectivity index (χ1n) is 3.44. The van der Waals surface area contributed by atoms with E-state index in [4.69, 9.17) is 0 Å². The third-order valence-corrected chi connectivity index (χ3v) is 2.89. The van der Waals surface area contributed by atoms with Crippen LogP contribution in [0.5, 0.6) is 0 Å². The Kier molecular flexibility index (Phi) is 6.18. The van der Waals surface area contributed by atoms with Crippen LogP contribution in [0.15, 0.2) is 0 Å². The number of hydrogen-bond acceptors (Lipinski definition) is 2. The van der Waals surface area contributed by atoms with Crippen molar-refractivity contribution in [3.05, 3.63) is 0 Å². The van der Waals surface area contributed by atoms with Crippen LogP contribution in [0.1, 0.15) is 25.7 Å². The molecule has 0 bridgehead atoms. The molecule has 5 heteroatoms. The normalized spacial score (nSPS) is 34.0. The molecule has 0 spiro atoms. The minimum atomic E-state index is -2.21. The Labute approximate surface area is 90.5 Å². The molecule has 3 atom stereocenters. The number of halogens is 1. The average molecular weight is 188 g/mol. The van der Waals surface area contributed by atoms with Gasteiger partial charge >= 0.3 is 29.6 Å². The second-order valence-corrected chi connectivity index (χ2v) is 3.73. The van der Waals surface area contributed by atoms with Crippen molar-refractivity contribution in [1.29, 1.82) is 0 Å². The number of rotatable bonds is 1. The van der Waals surface area contributed by atoms with Crippen molar-refractivity contribution in [2.75, 3.05) is 0 Å². The van der Waals surface area contributed by atoms with Gasteiger partial charge in [-0.3, -0.25) is 4.21 Å². The average Bonchev–Trinajstić information content (AvgIpc) is 1.88. The SMILES string of the molecule is O=S([O-])[C@H]1CCCC[C@H]1F.[Na+]. The quantitative estimate of drug-likeness (QED) is 0.358. The van der Waals surface area contributed by atoms with Crippen molar-refractivity contribution < 1.29 is 42.7 Å². The fourth-order valence-corrected chi connectivity index (χ4v) is 2.00. The van der Waals surface area contributed by atoms with Crippen LogP contribution >= 0.6 is 0 Å². The molecular weight excluding hydrogens is 178 g/mol. The summed E-state index contributed by atoms with van der Waals surface area (Å²) in [5.41, 5.74) is 0. The Balaban J connectivity index is 0.000001000. The van der Waals surface area contributed by atoms with Crippen molar-refractivity contribution in [1.82, 2.24) is 0 Å². The monoisotopic (exact) mass is 188 g/mol. The minimum absolute atomic E-state index is 0. The molecule has 0 radical (unpaired) electrons. The van der Waals surface area contributed by atoms with E-state index in [0.717, 1.165) is 12.8 Å². The zero-order valence-corrected chi connectivity index (χ0v) is 9.40. The molecule has 0 saturated heterocycles. The molecule has 0 aromatic heterocycles. The zero-order valence-electron chi connectivity index (χ0n) is 6.59. The van der Waals surface area contributed by atoms with Crippen LogP contribution in [0.4, 0.5) is 4.39 Å². The van der Waals surface area contributed by atoms with Gasteiger partial charge in [-0.1, -0.05) is 12.8 Å². The van der Waals surface area contributed by atoms with Crippen LogP contribution in [0.3, 0.4) is 0 Å². The summed E-state index contributed by atoms with van der Waals surface area (Å²) in [5, 5.41) is -0.728. The van der Waals surface area contributed by atoms with Gasteiger partial charge in [0.1, 0.15) is 6.17 Å². The standard InChI is InChI=1S/C6H11FO2S.Na/c7-5-3-1-2-4-6(5)10(8)9;/h5-6H,1-4H2,(H,8,9);/q;+1/p-1/t5-,6+;/m1./s1. The van der Waals surface area contributed by atoms with Crippen LogP contribution in [0.25, 0.3) is 0 Å². The van der Waals surface area contributed by atoms with Crippen molar-refractivity contribution in [3.63, 3.8) is 0 Å². The van der Waals surface area contributed by atoms with Crippen LogP contribution in [0, 0.1) is 0 Å². The van der Waals surface area contributed by atoms with Gasteiger partial charge in [0.15, 0.2) is 0 Å². The Bertz CT molecular complexity index is 145. The Morgan fingerprint density at radius 3 is 2.27 bits per heavy atom. The van der Waals surface area contributed by atoms with Gasteiger partial charge in [-0.15, -0.1) is 0 Å². The van der Waals surface area contributed by atoms with Gasteiger partial charge < -0.3 is 4.55 Å². The Morgan fingerprint density at radius 1 is 1.36 bits per heavy atom. The number of alkyl halides is 1. The van der Waals surface area contributed by atoms with Crippen molar-refractivity contribution >= 4 is 11.1 Å². The van der Waals surface area contributed by atoms with E-state index in [1.807, 2.05) is 0 Å². The molecule has 1 saturated carbocycles. The topological polar surface area (TPSA) is 40.1 Å². The van der Waals surface area contributed by atoms with Crippen LogP contribution < -0.4 is 29.6 Å². The summed E-state index contributed by atoms with van der Waals surface area (Å²) >= 11 is -2.21. The summed E-state index contributed by atoms with van der Waals surface area (Å²) in [5.74, 6) is 0. The molecule has 1 unspecified atom stereocenters. The first kappa shape index (κ1) is 12.0. The van der Waals surface area contributed by atoms with E-state index in [9.17, 15) is 13.2 Å². The minimum Gasteiger partial charge on any atom is -0.772 e. The van der Waals surface area contributed by atoms with E-state index in [-0.39, 0.29) is 29.6 Å². The fraction of sp³-hybridized carbons (Fsp3) is 1.00. The molecule has 1 fully saturated rings. The third-order valence-electron chi connectivity index (χ3n) is 1.87. The summed E-state index contributed by atoms with van der Waals surface area (Å²) in [6.45, 7) is 0. The van der Waals surface area contributed by atoms with Crippen LogP contribution in [-0.2, 0) is 11.1 Å².